The zero-order valence-electron chi connectivity index (χ0n) is 18.2. The van der Waals surface area contributed by atoms with Crippen LogP contribution >= 0.6 is 11.3 Å². The molecule has 0 bridgehead atoms. The molecule has 2 heterocycles. The van der Waals surface area contributed by atoms with Gasteiger partial charge in [0.05, 0.1) is 31.7 Å². The van der Waals surface area contributed by atoms with Gasteiger partial charge in [0.2, 0.25) is 0 Å². The van der Waals surface area contributed by atoms with Crippen molar-refractivity contribution in [1.29, 1.82) is 0 Å². The van der Waals surface area contributed by atoms with Crippen LogP contribution in [-0.2, 0) is 11.3 Å². The molecule has 1 aromatic heterocycles. The third-order valence-electron chi connectivity index (χ3n) is 5.64. The predicted octanol–water partition coefficient (Wildman–Crippen LogP) is 2.72. The van der Waals surface area contributed by atoms with E-state index in [1.54, 1.807) is 36.6 Å². The second-order valence-corrected chi connectivity index (χ2v) is 8.67. The van der Waals surface area contributed by atoms with Crippen LogP contribution < -0.4 is 19.7 Å². The summed E-state index contributed by atoms with van der Waals surface area (Å²) in [7, 11) is 1.58. The van der Waals surface area contributed by atoms with E-state index in [1.807, 2.05) is 30.3 Å². The summed E-state index contributed by atoms with van der Waals surface area (Å²) in [5, 5.41) is 5.21. The summed E-state index contributed by atoms with van der Waals surface area (Å²) >= 11 is 1.73. The molecule has 0 saturated carbocycles. The van der Waals surface area contributed by atoms with Crippen molar-refractivity contribution in [3.63, 3.8) is 0 Å². The van der Waals surface area contributed by atoms with Crippen LogP contribution in [0.3, 0.4) is 0 Å². The number of morpholine rings is 1. The Bertz CT molecular complexity index is 988. The highest BCUT2D eigenvalue weighted by atomic mass is 32.1. The molecule has 4 rings (SSSR count). The van der Waals surface area contributed by atoms with Crippen LogP contribution in [0.25, 0.3) is 0 Å². The van der Waals surface area contributed by atoms with E-state index >= 15 is 0 Å². The molecule has 1 atom stereocenters. The highest BCUT2D eigenvalue weighted by Crippen LogP contribution is 2.29. The van der Waals surface area contributed by atoms with Crippen molar-refractivity contribution in [3.05, 3.63) is 82.0 Å². The zero-order valence-corrected chi connectivity index (χ0v) is 19.0. The number of nitrogens with one attached hydrogen (secondary N) is 2. The van der Waals surface area contributed by atoms with E-state index in [-0.39, 0.29) is 11.9 Å². The van der Waals surface area contributed by atoms with Crippen molar-refractivity contribution in [2.45, 2.75) is 12.6 Å². The molecule has 1 saturated heterocycles. The Kier molecular flexibility index (Phi) is 7.77. The highest BCUT2D eigenvalue weighted by Gasteiger charge is 2.27. The Morgan fingerprint density at radius 2 is 1.91 bits per heavy atom. The molecule has 2 N–H and O–H groups in total. The molecular weight excluding hydrogens is 424 g/mol. The van der Waals surface area contributed by atoms with Gasteiger partial charge in [-0.1, -0.05) is 36.4 Å². The minimum atomic E-state index is -0.118. The van der Waals surface area contributed by atoms with E-state index in [0.29, 0.717) is 30.2 Å². The third-order valence-corrected chi connectivity index (χ3v) is 6.63. The van der Waals surface area contributed by atoms with E-state index in [9.17, 15) is 4.79 Å². The summed E-state index contributed by atoms with van der Waals surface area (Å²) in [5.74, 6) is 1.04. The fraction of sp³-hybridized carbons (Fsp3) is 0.320. The topological polar surface area (TPSA) is 61.2 Å². The molecule has 1 aliphatic rings. The van der Waals surface area contributed by atoms with Gasteiger partial charge in [0.15, 0.2) is 11.5 Å². The van der Waals surface area contributed by atoms with Crippen molar-refractivity contribution >= 4 is 17.2 Å². The molecule has 2 aromatic carbocycles. The van der Waals surface area contributed by atoms with E-state index in [1.165, 1.54) is 9.78 Å². The van der Waals surface area contributed by atoms with Crippen LogP contribution in [0.2, 0.25) is 0 Å². The van der Waals surface area contributed by atoms with E-state index in [4.69, 9.17) is 14.2 Å². The normalized spacial score (nSPS) is 15.2. The van der Waals surface area contributed by atoms with Gasteiger partial charge in [0.25, 0.3) is 5.91 Å². The maximum absolute atomic E-state index is 12.9. The molecule has 32 heavy (non-hydrogen) atoms. The number of amides is 1. The van der Waals surface area contributed by atoms with Gasteiger partial charge < -0.3 is 24.4 Å². The summed E-state index contributed by atoms with van der Waals surface area (Å²) in [5.41, 5.74) is 1.62. The number of carbonyl (C=O) groups excluding carboxylic acids is 1. The van der Waals surface area contributed by atoms with Crippen molar-refractivity contribution in [2.75, 3.05) is 40.0 Å². The summed E-state index contributed by atoms with van der Waals surface area (Å²) in [6.07, 6.45) is 0. The second-order valence-electron chi connectivity index (χ2n) is 7.69. The van der Waals surface area contributed by atoms with Crippen LogP contribution in [0.4, 0.5) is 0 Å². The zero-order chi connectivity index (χ0) is 22.2. The molecule has 1 aliphatic heterocycles. The first kappa shape index (κ1) is 22.3. The molecule has 0 spiro atoms. The van der Waals surface area contributed by atoms with Crippen LogP contribution in [0.1, 0.15) is 26.8 Å². The van der Waals surface area contributed by atoms with Crippen molar-refractivity contribution in [3.8, 4) is 11.5 Å². The Labute approximate surface area is 192 Å². The fourth-order valence-corrected chi connectivity index (χ4v) is 4.76. The molecule has 1 amide bonds. The summed E-state index contributed by atoms with van der Waals surface area (Å²) in [4.78, 5) is 15.6. The molecular formula is C25H29N2O4S+. The lowest BCUT2D eigenvalue weighted by molar-refractivity contribution is -0.937. The minimum Gasteiger partial charge on any atom is -0.493 e. The summed E-state index contributed by atoms with van der Waals surface area (Å²) in [6, 6.07) is 19.7. The number of hydrogen-bond acceptors (Lipinski definition) is 5. The molecule has 7 heteroatoms. The lowest BCUT2D eigenvalue weighted by atomic mass is 10.1. The number of benzene rings is 2. The van der Waals surface area contributed by atoms with Gasteiger partial charge in [-0.2, -0.15) is 0 Å². The first-order valence-corrected chi connectivity index (χ1v) is 11.7. The Morgan fingerprint density at radius 3 is 2.62 bits per heavy atom. The second kappa shape index (κ2) is 11.1. The average Bonchev–Trinajstić information content (AvgIpc) is 3.38. The molecule has 0 unspecified atom stereocenters. The molecule has 6 nitrogen and oxygen atoms in total. The van der Waals surface area contributed by atoms with Crippen molar-refractivity contribution < 1.29 is 23.9 Å². The predicted molar refractivity (Wildman–Crippen MR) is 125 cm³/mol. The lowest BCUT2D eigenvalue weighted by Crippen LogP contribution is -3.15. The number of quaternary nitrogens is 1. The van der Waals surface area contributed by atoms with Crippen LogP contribution in [0.5, 0.6) is 11.5 Å². The molecule has 0 radical (unpaired) electrons. The largest absolute Gasteiger partial charge is 0.493 e. The SMILES string of the molecule is COc1cc(C(=O)NC[C@H](c2cccs2)[NH+]2CCOCC2)ccc1OCc1ccccc1. The standard InChI is InChI=1S/C25H28N2O4S/c1-29-23-16-20(9-10-22(23)31-18-19-6-3-2-4-7-19)25(28)26-17-21(24-8-5-15-32-24)27-11-13-30-14-12-27/h2-10,15-16,21H,11-14,17-18H2,1H3,(H,26,28)/p+1/t21-/m1/s1. The average molecular weight is 454 g/mol. The number of carbonyl (C=O) groups is 1. The van der Waals surface area contributed by atoms with E-state index in [0.717, 1.165) is 31.9 Å². The lowest BCUT2D eigenvalue weighted by Gasteiger charge is -2.31. The van der Waals surface area contributed by atoms with Gasteiger partial charge >= 0.3 is 0 Å². The number of methoxy groups -OCH3 is 1. The number of ether oxygens (including phenoxy) is 3. The highest BCUT2D eigenvalue weighted by molar-refractivity contribution is 7.10. The van der Waals surface area contributed by atoms with E-state index in [2.05, 4.69) is 22.8 Å². The summed E-state index contributed by atoms with van der Waals surface area (Å²) < 4.78 is 16.9. The first-order valence-electron chi connectivity index (χ1n) is 10.8. The third kappa shape index (κ3) is 5.68. The van der Waals surface area contributed by atoms with Gasteiger partial charge in [-0.05, 0) is 35.2 Å². The number of thiophene rings is 1. The van der Waals surface area contributed by atoms with Gasteiger partial charge in [-0.3, -0.25) is 4.79 Å². The first-order chi connectivity index (χ1) is 15.7. The Balaban J connectivity index is 1.40. The molecule has 0 aliphatic carbocycles. The van der Waals surface area contributed by atoms with Gasteiger partial charge in [0, 0.05) is 5.56 Å². The Morgan fingerprint density at radius 1 is 1.09 bits per heavy atom. The number of rotatable bonds is 9. The molecule has 3 aromatic rings. The Hall–Kier alpha value is -2.87. The fourth-order valence-electron chi connectivity index (χ4n) is 3.88. The van der Waals surface area contributed by atoms with Gasteiger partial charge in [-0.15, -0.1) is 11.3 Å². The van der Waals surface area contributed by atoms with Gasteiger partial charge in [-0.25, -0.2) is 0 Å². The number of hydrogen-bond donors (Lipinski definition) is 2. The van der Waals surface area contributed by atoms with Crippen LogP contribution in [0.15, 0.2) is 66.0 Å². The smallest absolute Gasteiger partial charge is 0.251 e. The van der Waals surface area contributed by atoms with Crippen molar-refractivity contribution in [2.24, 2.45) is 0 Å². The monoisotopic (exact) mass is 453 g/mol. The van der Waals surface area contributed by atoms with Crippen LogP contribution in [-0.4, -0.2) is 45.9 Å². The molecule has 1 fully saturated rings. The minimum absolute atomic E-state index is 0.118. The maximum Gasteiger partial charge on any atom is 0.251 e. The quantitative estimate of drug-likeness (QED) is 0.523. The van der Waals surface area contributed by atoms with Crippen molar-refractivity contribution in [1.82, 2.24) is 5.32 Å². The maximum atomic E-state index is 12.9. The van der Waals surface area contributed by atoms with Gasteiger partial charge in [0.1, 0.15) is 25.7 Å². The van der Waals surface area contributed by atoms with Crippen LogP contribution in [0, 0.1) is 0 Å². The summed E-state index contributed by atoms with van der Waals surface area (Å²) in [6.45, 7) is 4.41. The molecule has 168 valence electrons. The van der Waals surface area contributed by atoms with E-state index < -0.39 is 0 Å².